The number of amides is 1. The molecule has 9 heteroatoms. The molecule has 0 saturated heterocycles. The van der Waals surface area contributed by atoms with Crippen molar-refractivity contribution in [3.8, 4) is 0 Å². The first-order chi connectivity index (χ1) is 9.38. The topological polar surface area (TPSA) is 127 Å². The number of hydrogen-bond acceptors (Lipinski definition) is 5. The van der Waals surface area contributed by atoms with Gasteiger partial charge in [-0.1, -0.05) is 0 Å². The number of carbonyl (C=O) groups excluding carboxylic acids is 1. The number of imidazole rings is 1. The van der Waals surface area contributed by atoms with Gasteiger partial charge in [-0.15, -0.1) is 0 Å². The van der Waals surface area contributed by atoms with Gasteiger partial charge in [-0.25, -0.2) is 4.79 Å². The van der Waals surface area contributed by atoms with Crippen molar-refractivity contribution in [1.29, 1.82) is 0 Å². The Morgan fingerprint density at radius 3 is 2.75 bits per heavy atom. The summed E-state index contributed by atoms with van der Waals surface area (Å²) in [7, 11) is 0. The van der Waals surface area contributed by atoms with Crippen molar-refractivity contribution < 1.29 is 19.6 Å². The number of carbonyl (C=O) groups is 2. The highest BCUT2D eigenvalue weighted by molar-refractivity contribution is 5.84. The molecule has 0 radical (unpaired) electrons. The predicted octanol–water partition coefficient (Wildman–Crippen LogP) is 0.0791. The minimum absolute atomic E-state index is 0.0188. The average Bonchev–Trinajstić information content (AvgIpc) is 3.12. The Morgan fingerprint density at radius 2 is 2.30 bits per heavy atom. The van der Waals surface area contributed by atoms with Gasteiger partial charge in [0.15, 0.2) is 0 Å². The third kappa shape index (κ3) is 3.11. The second kappa shape index (κ2) is 5.27. The predicted molar refractivity (Wildman–Crippen MR) is 65.9 cm³/mol. The second-order valence-electron chi connectivity index (χ2n) is 4.75. The summed E-state index contributed by atoms with van der Waals surface area (Å²) in [4.78, 5) is 36.4. The minimum atomic E-state index is -1.06. The molecule has 1 unspecified atom stereocenters. The zero-order valence-corrected chi connectivity index (χ0v) is 10.8. The first kappa shape index (κ1) is 14.0. The highest BCUT2D eigenvalue weighted by Crippen LogP contribution is 2.32. The van der Waals surface area contributed by atoms with E-state index >= 15 is 0 Å². The first-order valence-corrected chi connectivity index (χ1v) is 6.09. The lowest BCUT2D eigenvalue weighted by atomic mass is 10.2. The molecular weight excluding hydrogens is 268 g/mol. The van der Waals surface area contributed by atoms with Crippen LogP contribution in [0.5, 0.6) is 0 Å². The van der Waals surface area contributed by atoms with Crippen molar-refractivity contribution in [1.82, 2.24) is 14.9 Å². The summed E-state index contributed by atoms with van der Waals surface area (Å²) in [6.45, 7) is 1.35. The van der Waals surface area contributed by atoms with Gasteiger partial charge in [0.05, 0.1) is 0 Å². The molecular formula is C11H14N4O5. The maximum Gasteiger partial charge on any atom is 0.381 e. The Labute approximate surface area is 113 Å². The second-order valence-corrected chi connectivity index (χ2v) is 4.75. The molecule has 0 bridgehead atoms. The Hall–Kier alpha value is -2.45. The number of aryl methyl sites for hydroxylation is 1. The fourth-order valence-corrected chi connectivity index (χ4v) is 1.92. The summed E-state index contributed by atoms with van der Waals surface area (Å²) in [6, 6.07) is -0.888. The van der Waals surface area contributed by atoms with Crippen LogP contribution in [0.15, 0.2) is 6.20 Å². The molecule has 1 aromatic rings. The van der Waals surface area contributed by atoms with Gasteiger partial charge in [-0.05, 0) is 28.7 Å². The van der Waals surface area contributed by atoms with Crippen molar-refractivity contribution in [3.05, 3.63) is 22.1 Å². The van der Waals surface area contributed by atoms with Crippen LogP contribution in [-0.4, -0.2) is 37.5 Å². The van der Waals surface area contributed by atoms with Crippen LogP contribution < -0.4 is 5.32 Å². The number of nitrogens with zero attached hydrogens (tertiary/aromatic N) is 3. The molecule has 1 saturated carbocycles. The normalized spacial score (nSPS) is 15.7. The van der Waals surface area contributed by atoms with Crippen LogP contribution in [0.2, 0.25) is 0 Å². The molecule has 1 aliphatic carbocycles. The van der Waals surface area contributed by atoms with E-state index in [0.717, 1.165) is 19.0 Å². The number of aliphatic carboxylic acids is 1. The highest BCUT2D eigenvalue weighted by atomic mass is 16.6. The Kier molecular flexibility index (Phi) is 3.68. The van der Waals surface area contributed by atoms with Crippen LogP contribution in [0.3, 0.4) is 0 Å². The first-order valence-electron chi connectivity index (χ1n) is 6.09. The summed E-state index contributed by atoms with van der Waals surface area (Å²) in [5.41, 5.74) is 0. The fourth-order valence-electron chi connectivity index (χ4n) is 1.92. The number of nitro groups is 1. The van der Waals surface area contributed by atoms with Crippen molar-refractivity contribution >= 4 is 17.7 Å². The van der Waals surface area contributed by atoms with Crippen molar-refractivity contribution in [2.75, 3.05) is 0 Å². The van der Waals surface area contributed by atoms with Gasteiger partial charge >= 0.3 is 11.8 Å². The molecule has 20 heavy (non-hydrogen) atoms. The number of carboxylic acids is 1. The van der Waals surface area contributed by atoms with Gasteiger partial charge in [0, 0.05) is 6.92 Å². The van der Waals surface area contributed by atoms with E-state index in [1.54, 1.807) is 0 Å². The number of nitrogens with one attached hydrogen (secondary N) is 1. The van der Waals surface area contributed by atoms with Crippen LogP contribution in [0, 0.1) is 23.0 Å². The number of carboxylic acid groups (broad SMARTS) is 1. The number of hydrogen-bond donors (Lipinski definition) is 2. The van der Waals surface area contributed by atoms with Crippen LogP contribution in [-0.2, 0) is 16.1 Å². The van der Waals surface area contributed by atoms with E-state index in [2.05, 4.69) is 10.3 Å². The van der Waals surface area contributed by atoms with Crippen LogP contribution in [0.4, 0.5) is 5.82 Å². The number of aromatic nitrogens is 2. The van der Waals surface area contributed by atoms with E-state index in [1.165, 1.54) is 11.5 Å². The molecule has 1 amide bonds. The number of rotatable bonds is 6. The molecule has 1 aromatic heterocycles. The standard InChI is InChI=1S/C11H14N4O5/c1-6-12-8(15(19)20)4-14(6)5-9(16)13-10(11(17)18)7-2-3-7/h4,7,10H,2-3,5H2,1H3,(H,13,16)(H,17,18). The smallest absolute Gasteiger partial charge is 0.381 e. The molecule has 1 fully saturated rings. The van der Waals surface area contributed by atoms with E-state index < -0.39 is 22.8 Å². The molecule has 2 N–H and O–H groups in total. The highest BCUT2D eigenvalue weighted by Gasteiger charge is 2.37. The minimum Gasteiger partial charge on any atom is -0.480 e. The van der Waals surface area contributed by atoms with Crippen LogP contribution >= 0.6 is 0 Å². The fraction of sp³-hybridized carbons (Fsp3) is 0.545. The molecule has 1 atom stereocenters. The van der Waals surface area contributed by atoms with E-state index in [1.807, 2.05) is 0 Å². The van der Waals surface area contributed by atoms with Crippen molar-refractivity contribution in [3.63, 3.8) is 0 Å². The monoisotopic (exact) mass is 282 g/mol. The largest absolute Gasteiger partial charge is 0.480 e. The zero-order valence-electron chi connectivity index (χ0n) is 10.8. The van der Waals surface area contributed by atoms with E-state index in [0.29, 0.717) is 5.82 Å². The van der Waals surface area contributed by atoms with Gasteiger partial charge in [-0.2, -0.15) is 0 Å². The Morgan fingerprint density at radius 1 is 1.65 bits per heavy atom. The van der Waals surface area contributed by atoms with Gasteiger partial charge in [0.25, 0.3) is 0 Å². The summed E-state index contributed by atoms with van der Waals surface area (Å²) in [5, 5.41) is 22.0. The van der Waals surface area contributed by atoms with Crippen molar-refractivity contribution in [2.24, 2.45) is 5.92 Å². The van der Waals surface area contributed by atoms with Gasteiger partial charge in [-0.3, -0.25) is 9.36 Å². The molecule has 108 valence electrons. The lowest BCUT2D eigenvalue weighted by Gasteiger charge is -2.13. The Balaban J connectivity index is 2.00. The molecule has 1 aliphatic rings. The lowest BCUT2D eigenvalue weighted by Crippen LogP contribution is -2.43. The third-order valence-electron chi connectivity index (χ3n) is 3.14. The van der Waals surface area contributed by atoms with Gasteiger partial charge in [0.1, 0.15) is 18.8 Å². The summed E-state index contributed by atoms with van der Waals surface area (Å²) >= 11 is 0. The molecule has 0 spiro atoms. The summed E-state index contributed by atoms with van der Waals surface area (Å²) < 4.78 is 1.32. The van der Waals surface area contributed by atoms with E-state index in [4.69, 9.17) is 5.11 Å². The van der Waals surface area contributed by atoms with E-state index in [9.17, 15) is 19.7 Å². The molecule has 0 aliphatic heterocycles. The molecule has 9 nitrogen and oxygen atoms in total. The summed E-state index contributed by atoms with van der Waals surface area (Å²) in [6.07, 6.45) is 2.72. The molecule has 1 heterocycles. The Bertz CT molecular complexity index is 563. The summed E-state index contributed by atoms with van der Waals surface area (Å²) in [5.74, 6) is -1.60. The quantitative estimate of drug-likeness (QED) is 0.561. The maximum atomic E-state index is 11.8. The van der Waals surface area contributed by atoms with Crippen molar-refractivity contribution in [2.45, 2.75) is 32.4 Å². The lowest BCUT2D eigenvalue weighted by molar-refractivity contribution is -0.389. The third-order valence-corrected chi connectivity index (χ3v) is 3.14. The average molecular weight is 282 g/mol. The molecule has 2 rings (SSSR count). The van der Waals surface area contributed by atoms with Crippen LogP contribution in [0.25, 0.3) is 0 Å². The van der Waals surface area contributed by atoms with Gasteiger partial charge in [0.2, 0.25) is 11.7 Å². The SMILES string of the molecule is Cc1nc([N+](=O)[O-])cn1CC(=O)NC(C(=O)O)C1CC1. The molecule has 0 aromatic carbocycles. The van der Waals surface area contributed by atoms with E-state index in [-0.39, 0.29) is 18.3 Å². The van der Waals surface area contributed by atoms with Gasteiger partial charge < -0.3 is 20.5 Å². The zero-order chi connectivity index (χ0) is 14.9. The maximum absolute atomic E-state index is 11.8. The van der Waals surface area contributed by atoms with Crippen LogP contribution in [0.1, 0.15) is 18.7 Å².